The van der Waals surface area contributed by atoms with Crippen LogP contribution in [0, 0.1) is 6.92 Å². The summed E-state index contributed by atoms with van der Waals surface area (Å²) in [5, 5.41) is 4.57. The first-order valence-electron chi connectivity index (χ1n) is 7.61. The minimum absolute atomic E-state index is 0.163. The van der Waals surface area contributed by atoms with E-state index in [1.807, 2.05) is 18.7 Å². The highest BCUT2D eigenvalue weighted by Gasteiger charge is 2.12. The van der Waals surface area contributed by atoms with E-state index >= 15 is 0 Å². The smallest absolute Gasteiger partial charge is 0.236 e. The van der Waals surface area contributed by atoms with Crippen LogP contribution in [0.5, 0.6) is 0 Å². The van der Waals surface area contributed by atoms with Gasteiger partial charge < -0.3 is 14.8 Å². The molecule has 0 aliphatic heterocycles. The molecule has 0 saturated heterocycles. The van der Waals surface area contributed by atoms with Gasteiger partial charge in [0.15, 0.2) is 0 Å². The number of likely N-dealkylation sites (N-methyl/N-ethyl adjacent to an activating group) is 1. The van der Waals surface area contributed by atoms with Crippen LogP contribution in [0.3, 0.4) is 0 Å². The zero-order valence-corrected chi connectivity index (χ0v) is 13.4. The van der Waals surface area contributed by atoms with E-state index in [1.54, 1.807) is 0 Å². The molecule has 0 atom stereocenters. The predicted molar refractivity (Wildman–Crippen MR) is 87.3 cm³/mol. The number of benzene rings is 1. The number of hydrogen-bond acceptors (Lipinski definition) is 2. The Morgan fingerprint density at radius 3 is 2.52 bits per heavy atom. The van der Waals surface area contributed by atoms with Crippen molar-refractivity contribution < 1.29 is 4.79 Å². The molecular weight excluding hydrogens is 262 g/mol. The van der Waals surface area contributed by atoms with E-state index in [9.17, 15) is 4.79 Å². The maximum atomic E-state index is 12.0. The quantitative estimate of drug-likeness (QED) is 0.886. The molecule has 1 amide bonds. The summed E-state index contributed by atoms with van der Waals surface area (Å²) in [5.41, 5.74) is 3.77. The van der Waals surface area contributed by atoms with E-state index in [-0.39, 0.29) is 5.91 Å². The molecule has 0 aliphatic rings. The normalized spacial score (nSPS) is 11.0. The Hall–Kier alpha value is -1.81. The molecule has 0 bridgehead atoms. The molecule has 0 saturated carbocycles. The second kappa shape index (κ2) is 6.76. The third-order valence-corrected chi connectivity index (χ3v) is 4.19. The molecule has 0 fully saturated rings. The van der Waals surface area contributed by atoms with E-state index in [0.29, 0.717) is 13.1 Å². The number of carbonyl (C=O) groups is 1. The van der Waals surface area contributed by atoms with E-state index in [2.05, 4.69) is 48.1 Å². The molecule has 1 heterocycles. The van der Waals surface area contributed by atoms with Crippen molar-refractivity contribution >= 4 is 16.8 Å². The number of hydrogen-bond donors (Lipinski definition) is 1. The largest absolute Gasteiger partial charge is 0.346 e. The Morgan fingerprint density at radius 2 is 1.90 bits per heavy atom. The molecule has 4 heteroatoms. The number of carbonyl (C=O) groups excluding carboxylic acids is 1. The van der Waals surface area contributed by atoms with Crippen LogP contribution >= 0.6 is 0 Å². The number of aryl methyl sites for hydroxylation is 2. The highest BCUT2D eigenvalue weighted by atomic mass is 16.2. The first-order valence-corrected chi connectivity index (χ1v) is 7.61. The lowest BCUT2D eigenvalue weighted by Crippen LogP contribution is -2.37. The zero-order chi connectivity index (χ0) is 15.4. The highest BCUT2D eigenvalue weighted by Crippen LogP contribution is 2.24. The van der Waals surface area contributed by atoms with E-state index in [0.717, 1.165) is 13.1 Å². The average Bonchev–Trinajstić information content (AvgIpc) is 2.74. The topological polar surface area (TPSA) is 37.3 Å². The van der Waals surface area contributed by atoms with Crippen molar-refractivity contribution in [2.45, 2.75) is 27.3 Å². The molecule has 1 aromatic heterocycles. The van der Waals surface area contributed by atoms with Crippen molar-refractivity contribution in [2.24, 2.45) is 7.05 Å². The van der Waals surface area contributed by atoms with Crippen LogP contribution in [0.2, 0.25) is 0 Å². The lowest BCUT2D eigenvalue weighted by molar-refractivity contribution is -0.129. The SMILES string of the molecule is CCN(CC)C(=O)CNCc1c(C)c2ccccc2n1C. The van der Waals surface area contributed by atoms with Crippen molar-refractivity contribution in [2.75, 3.05) is 19.6 Å². The van der Waals surface area contributed by atoms with Crippen LogP contribution < -0.4 is 5.32 Å². The summed E-state index contributed by atoms with van der Waals surface area (Å²) in [6.45, 7) is 8.80. The highest BCUT2D eigenvalue weighted by molar-refractivity contribution is 5.85. The Kier molecular flexibility index (Phi) is 5.02. The maximum Gasteiger partial charge on any atom is 0.236 e. The van der Waals surface area contributed by atoms with E-state index < -0.39 is 0 Å². The van der Waals surface area contributed by atoms with Gasteiger partial charge in [0.1, 0.15) is 0 Å². The summed E-state index contributed by atoms with van der Waals surface area (Å²) in [4.78, 5) is 13.8. The molecule has 2 aromatic rings. The number of para-hydroxylation sites is 1. The van der Waals surface area contributed by atoms with Crippen LogP contribution in [0.25, 0.3) is 10.9 Å². The minimum Gasteiger partial charge on any atom is -0.346 e. The summed E-state index contributed by atoms with van der Waals surface area (Å²) in [6, 6.07) is 8.40. The number of amides is 1. The van der Waals surface area contributed by atoms with Gasteiger partial charge in [0.25, 0.3) is 0 Å². The van der Waals surface area contributed by atoms with Gasteiger partial charge in [-0.15, -0.1) is 0 Å². The number of nitrogens with zero attached hydrogens (tertiary/aromatic N) is 2. The fourth-order valence-corrected chi connectivity index (χ4v) is 2.86. The van der Waals surface area contributed by atoms with Gasteiger partial charge in [-0.2, -0.15) is 0 Å². The van der Waals surface area contributed by atoms with Gasteiger partial charge in [-0.05, 0) is 32.4 Å². The van der Waals surface area contributed by atoms with Gasteiger partial charge >= 0.3 is 0 Å². The van der Waals surface area contributed by atoms with Crippen molar-refractivity contribution in [3.05, 3.63) is 35.5 Å². The van der Waals surface area contributed by atoms with Gasteiger partial charge in [-0.3, -0.25) is 4.79 Å². The molecular formula is C17H25N3O. The van der Waals surface area contributed by atoms with Gasteiger partial charge in [0.2, 0.25) is 5.91 Å². The van der Waals surface area contributed by atoms with E-state index in [4.69, 9.17) is 0 Å². The summed E-state index contributed by atoms with van der Waals surface area (Å²) in [7, 11) is 2.08. The van der Waals surface area contributed by atoms with Gasteiger partial charge in [0.05, 0.1) is 6.54 Å². The second-order valence-corrected chi connectivity index (χ2v) is 5.32. The van der Waals surface area contributed by atoms with Crippen LogP contribution in [0.4, 0.5) is 0 Å². The fraction of sp³-hybridized carbons (Fsp3) is 0.471. The molecule has 0 aliphatic carbocycles. The third-order valence-electron chi connectivity index (χ3n) is 4.19. The van der Waals surface area contributed by atoms with Crippen LogP contribution in [0.1, 0.15) is 25.1 Å². The summed E-state index contributed by atoms with van der Waals surface area (Å²) in [5.74, 6) is 0.163. The molecule has 4 nitrogen and oxygen atoms in total. The first-order chi connectivity index (χ1) is 10.1. The zero-order valence-electron chi connectivity index (χ0n) is 13.4. The van der Waals surface area contributed by atoms with Crippen molar-refractivity contribution in [1.82, 2.24) is 14.8 Å². The van der Waals surface area contributed by atoms with Crippen LogP contribution in [0.15, 0.2) is 24.3 Å². The number of nitrogens with one attached hydrogen (secondary N) is 1. The Balaban J connectivity index is 2.06. The fourth-order valence-electron chi connectivity index (χ4n) is 2.86. The Bertz CT molecular complexity index is 587. The Labute approximate surface area is 126 Å². The number of aromatic nitrogens is 1. The molecule has 0 unspecified atom stereocenters. The molecule has 114 valence electrons. The lowest BCUT2D eigenvalue weighted by Gasteiger charge is -2.19. The summed E-state index contributed by atoms with van der Waals surface area (Å²) < 4.78 is 2.21. The van der Waals surface area contributed by atoms with Gasteiger partial charge in [-0.25, -0.2) is 0 Å². The first kappa shape index (κ1) is 15.6. The predicted octanol–water partition coefficient (Wildman–Crippen LogP) is 2.44. The molecule has 1 aromatic carbocycles. The van der Waals surface area contributed by atoms with Gasteiger partial charge in [0, 0.05) is 43.3 Å². The monoisotopic (exact) mass is 287 g/mol. The van der Waals surface area contributed by atoms with Crippen LogP contribution in [-0.4, -0.2) is 35.0 Å². The standard InChI is InChI=1S/C17H25N3O/c1-5-20(6-2)17(21)12-18-11-16-13(3)14-9-7-8-10-15(14)19(16)4/h7-10,18H,5-6,11-12H2,1-4H3. The lowest BCUT2D eigenvalue weighted by atomic mass is 10.1. The second-order valence-electron chi connectivity index (χ2n) is 5.32. The molecule has 2 rings (SSSR count). The maximum absolute atomic E-state index is 12.0. The average molecular weight is 287 g/mol. The summed E-state index contributed by atoms with van der Waals surface area (Å²) in [6.07, 6.45) is 0. The van der Waals surface area contributed by atoms with Gasteiger partial charge in [-0.1, -0.05) is 18.2 Å². The molecule has 1 N–H and O–H groups in total. The van der Waals surface area contributed by atoms with E-state index in [1.165, 1.54) is 22.2 Å². The summed E-state index contributed by atoms with van der Waals surface area (Å²) >= 11 is 0. The molecule has 21 heavy (non-hydrogen) atoms. The molecule has 0 radical (unpaired) electrons. The Morgan fingerprint density at radius 1 is 1.24 bits per heavy atom. The van der Waals surface area contributed by atoms with Crippen LogP contribution in [-0.2, 0) is 18.4 Å². The van der Waals surface area contributed by atoms with Crippen molar-refractivity contribution in [3.8, 4) is 0 Å². The minimum atomic E-state index is 0.163. The third kappa shape index (κ3) is 3.10. The molecule has 0 spiro atoms. The van der Waals surface area contributed by atoms with Crippen molar-refractivity contribution in [3.63, 3.8) is 0 Å². The number of fused-ring (bicyclic) bond motifs is 1. The van der Waals surface area contributed by atoms with Crippen molar-refractivity contribution in [1.29, 1.82) is 0 Å². The number of rotatable bonds is 6.